The van der Waals surface area contributed by atoms with Gasteiger partial charge in [0.15, 0.2) is 0 Å². The third-order valence-electron chi connectivity index (χ3n) is 3.39. The molecule has 3 N–H and O–H groups in total. The van der Waals surface area contributed by atoms with Gasteiger partial charge in [0.05, 0.1) is 6.54 Å². The van der Waals surface area contributed by atoms with Gasteiger partial charge in [-0.2, -0.15) is 4.98 Å². The highest BCUT2D eigenvalue weighted by Gasteiger charge is 2.20. The lowest BCUT2D eigenvalue weighted by atomic mass is 9.87. The van der Waals surface area contributed by atoms with Gasteiger partial charge in [-0.1, -0.05) is 5.16 Å². The third kappa shape index (κ3) is 1.76. The molecule has 5 heteroatoms. The van der Waals surface area contributed by atoms with E-state index in [-0.39, 0.29) is 6.54 Å². The smallest absolute Gasteiger partial charge is 0.240 e. The second-order valence-electron chi connectivity index (χ2n) is 4.51. The number of fused-ring (bicyclic) bond motifs is 1. The molecule has 2 aromatic rings. The highest BCUT2D eigenvalue weighted by molar-refractivity contribution is 5.65. The highest BCUT2D eigenvalue weighted by atomic mass is 16.5. The van der Waals surface area contributed by atoms with Crippen LogP contribution in [-0.4, -0.2) is 15.2 Å². The van der Waals surface area contributed by atoms with E-state index in [0.717, 1.165) is 42.4 Å². The fourth-order valence-electron chi connectivity index (χ4n) is 2.51. The minimum absolute atomic E-state index is 0.243. The monoisotopic (exact) mass is 245 g/mol. The second kappa shape index (κ2) is 4.42. The Morgan fingerprint density at radius 2 is 2.00 bits per heavy atom. The summed E-state index contributed by atoms with van der Waals surface area (Å²) >= 11 is 0. The summed E-state index contributed by atoms with van der Waals surface area (Å²) in [6.07, 6.45) is 4.11. The first-order valence-corrected chi connectivity index (χ1v) is 6.16. The van der Waals surface area contributed by atoms with E-state index in [1.54, 1.807) is 6.07 Å². The fourth-order valence-corrected chi connectivity index (χ4v) is 2.51. The van der Waals surface area contributed by atoms with Gasteiger partial charge < -0.3 is 15.4 Å². The van der Waals surface area contributed by atoms with E-state index >= 15 is 0 Å². The normalized spacial score (nSPS) is 14.5. The van der Waals surface area contributed by atoms with Gasteiger partial charge in [-0.25, -0.2) is 0 Å². The zero-order valence-corrected chi connectivity index (χ0v) is 10.0. The predicted molar refractivity (Wildman–Crippen MR) is 65.9 cm³/mol. The van der Waals surface area contributed by atoms with Crippen LogP contribution in [0.3, 0.4) is 0 Å². The molecule has 0 atom stereocenters. The van der Waals surface area contributed by atoms with Crippen LogP contribution in [0.25, 0.3) is 11.4 Å². The van der Waals surface area contributed by atoms with Gasteiger partial charge in [-0.15, -0.1) is 0 Å². The summed E-state index contributed by atoms with van der Waals surface area (Å²) in [6.45, 7) is 0.243. The van der Waals surface area contributed by atoms with Gasteiger partial charge in [0.1, 0.15) is 5.75 Å². The first-order chi connectivity index (χ1) is 8.79. The number of aromatic nitrogens is 2. The molecule has 18 heavy (non-hydrogen) atoms. The first-order valence-electron chi connectivity index (χ1n) is 6.16. The Hall–Kier alpha value is -1.88. The second-order valence-corrected chi connectivity index (χ2v) is 4.51. The minimum atomic E-state index is 0.243. The zero-order chi connectivity index (χ0) is 12.5. The van der Waals surface area contributed by atoms with Crippen LogP contribution >= 0.6 is 0 Å². The van der Waals surface area contributed by atoms with Gasteiger partial charge in [0.2, 0.25) is 11.7 Å². The average molecular weight is 245 g/mol. The van der Waals surface area contributed by atoms with Crippen LogP contribution in [-0.2, 0) is 19.4 Å². The molecule has 1 aliphatic carbocycles. The highest BCUT2D eigenvalue weighted by Crippen LogP contribution is 2.35. The Balaban J connectivity index is 2.11. The Bertz CT molecular complexity index is 578. The molecule has 0 spiro atoms. The van der Waals surface area contributed by atoms with Crippen LogP contribution in [0.4, 0.5) is 0 Å². The first kappa shape index (κ1) is 11.2. The van der Waals surface area contributed by atoms with E-state index in [9.17, 15) is 5.11 Å². The number of hydrogen-bond donors (Lipinski definition) is 2. The molecule has 1 aromatic heterocycles. The number of benzene rings is 1. The number of hydrogen-bond acceptors (Lipinski definition) is 5. The minimum Gasteiger partial charge on any atom is -0.508 e. The van der Waals surface area contributed by atoms with Crippen molar-refractivity contribution in [3.8, 4) is 17.1 Å². The van der Waals surface area contributed by atoms with E-state index in [2.05, 4.69) is 10.1 Å². The molecule has 1 aromatic carbocycles. The van der Waals surface area contributed by atoms with Crippen LogP contribution in [0.15, 0.2) is 16.7 Å². The lowest BCUT2D eigenvalue weighted by Gasteiger charge is -2.19. The molecule has 1 heterocycles. The molecule has 0 aliphatic heterocycles. The van der Waals surface area contributed by atoms with Crippen molar-refractivity contribution >= 4 is 0 Å². The molecule has 0 saturated carbocycles. The van der Waals surface area contributed by atoms with Gasteiger partial charge in [0.25, 0.3) is 0 Å². The Kier molecular flexibility index (Phi) is 2.76. The van der Waals surface area contributed by atoms with E-state index in [0.29, 0.717) is 17.5 Å². The van der Waals surface area contributed by atoms with Crippen molar-refractivity contribution in [3.63, 3.8) is 0 Å². The van der Waals surface area contributed by atoms with Crippen LogP contribution in [0.2, 0.25) is 0 Å². The summed E-state index contributed by atoms with van der Waals surface area (Å²) in [5.74, 6) is 1.37. The number of nitrogens with two attached hydrogens (primary N) is 1. The molecule has 0 unspecified atom stereocenters. The zero-order valence-electron chi connectivity index (χ0n) is 10.0. The van der Waals surface area contributed by atoms with Crippen LogP contribution < -0.4 is 5.73 Å². The molecule has 94 valence electrons. The topological polar surface area (TPSA) is 85.2 Å². The molecule has 1 aliphatic rings. The number of phenolic OH excluding ortho intramolecular Hbond substituents is 1. The maximum Gasteiger partial charge on any atom is 0.240 e. The van der Waals surface area contributed by atoms with Gasteiger partial charge in [0, 0.05) is 5.56 Å². The maximum atomic E-state index is 9.89. The van der Waals surface area contributed by atoms with Crippen LogP contribution in [0.1, 0.15) is 29.9 Å². The summed E-state index contributed by atoms with van der Waals surface area (Å²) in [6, 6.07) is 3.56. The van der Waals surface area contributed by atoms with E-state index in [1.807, 2.05) is 6.07 Å². The van der Waals surface area contributed by atoms with E-state index in [1.165, 1.54) is 0 Å². The van der Waals surface area contributed by atoms with E-state index < -0.39 is 0 Å². The largest absolute Gasteiger partial charge is 0.508 e. The van der Waals surface area contributed by atoms with Crippen molar-refractivity contribution in [2.24, 2.45) is 5.73 Å². The summed E-state index contributed by atoms with van der Waals surface area (Å²) in [4.78, 5) is 4.25. The Morgan fingerprint density at radius 3 is 2.72 bits per heavy atom. The lowest BCUT2D eigenvalue weighted by molar-refractivity contribution is 0.380. The van der Waals surface area contributed by atoms with E-state index in [4.69, 9.17) is 10.3 Å². The quantitative estimate of drug-likeness (QED) is 0.842. The molecular formula is C13H15N3O2. The molecule has 0 radical (unpaired) electrons. The number of aromatic hydroxyl groups is 1. The molecule has 0 bridgehead atoms. The van der Waals surface area contributed by atoms with Crippen LogP contribution in [0, 0.1) is 0 Å². The fraction of sp³-hybridized carbons (Fsp3) is 0.385. The van der Waals surface area contributed by atoms with Crippen LogP contribution in [0.5, 0.6) is 5.75 Å². The average Bonchev–Trinajstić information content (AvgIpc) is 2.88. The van der Waals surface area contributed by atoms with Crippen molar-refractivity contribution in [2.45, 2.75) is 32.2 Å². The summed E-state index contributed by atoms with van der Waals surface area (Å²) in [7, 11) is 0. The van der Waals surface area contributed by atoms with Crippen molar-refractivity contribution < 1.29 is 9.63 Å². The number of phenols is 1. The van der Waals surface area contributed by atoms with Crippen molar-refractivity contribution in [3.05, 3.63) is 29.2 Å². The summed E-state index contributed by atoms with van der Waals surface area (Å²) in [5.41, 5.74) is 8.59. The van der Waals surface area contributed by atoms with Crippen molar-refractivity contribution in [1.29, 1.82) is 0 Å². The lowest BCUT2D eigenvalue weighted by Crippen LogP contribution is -2.05. The molecule has 3 rings (SSSR count). The van der Waals surface area contributed by atoms with Crippen molar-refractivity contribution in [1.82, 2.24) is 10.1 Å². The maximum absolute atomic E-state index is 9.89. The summed E-state index contributed by atoms with van der Waals surface area (Å²) < 4.78 is 5.04. The SMILES string of the molecule is NCc1nc(-c2ccc(O)c3c2CCCC3)no1. The third-order valence-corrected chi connectivity index (χ3v) is 3.39. The Morgan fingerprint density at radius 1 is 1.22 bits per heavy atom. The predicted octanol–water partition coefficient (Wildman–Crippen LogP) is 1.78. The van der Waals surface area contributed by atoms with Gasteiger partial charge >= 0.3 is 0 Å². The standard InChI is InChI=1S/C13H15N3O2/c14-7-12-15-13(16-18-12)10-5-6-11(17)9-4-2-1-3-8(9)10/h5-6,17H,1-4,7,14H2. The van der Waals surface area contributed by atoms with Gasteiger partial charge in [-0.05, 0) is 48.9 Å². The number of nitrogens with zero attached hydrogens (tertiary/aromatic N) is 2. The molecule has 0 amide bonds. The number of rotatable bonds is 2. The van der Waals surface area contributed by atoms with Crippen molar-refractivity contribution in [2.75, 3.05) is 0 Å². The molecule has 0 fully saturated rings. The van der Waals surface area contributed by atoms with Gasteiger partial charge in [-0.3, -0.25) is 0 Å². The molecule has 5 nitrogen and oxygen atoms in total. The molecule has 0 saturated heterocycles. The summed E-state index contributed by atoms with van der Waals surface area (Å²) in [5, 5.41) is 13.8. The Labute approximate surface area is 105 Å². The molecular weight excluding hydrogens is 230 g/mol.